The van der Waals surface area contributed by atoms with Crippen molar-refractivity contribution in [3.63, 3.8) is 0 Å². The molecule has 110 valence electrons. The number of aryl methyl sites for hydroxylation is 1. The van der Waals surface area contributed by atoms with Gasteiger partial charge in [0, 0.05) is 17.0 Å². The number of thioether (sulfide) groups is 1. The van der Waals surface area contributed by atoms with Crippen molar-refractivity contribution in [1.82, 2.24) is 15.3 Å². The van der Waals surface area contributed by atoms with E-state index in [1.165, 1.54) is 6.42 Å². The molecule has 20 heavy (non-hydrogen) atoms. The summed E-state index contributed by atoms with van der Waals surface area (Å²) >= 11 is 1.88. The summed E-state index contributed by atoms with van der Waals surface area (Å²) in [6, 6.07) is 1.91. The van der Waals surface area contributed by atoms with Crippen LogP contribution in [-0.2, 0) is 0 Å². The average Bonchev–Trinajstić information content (AvgIpc) is 2.46. The van der Waals surface area contributed by atoms with Crippen molar-refractivity contribution in [3.8, 4) is 0 Å². The lowest BCUT2D eigenvalue weighted by molar-refractivity contribution is 0.0923. The number of anilines is 1. The van der Waals surface area contributed by atoms with Crippen molar-refractivity contribution >= 4 is 23.6 Å². The van der Waals surface area contributed by atoms with Crippen molar-refractivity contribution in [2.75, 3.05) is 11.7 Å². The van der Waals surface area contributed by atoms with Gasteiger partial charge in [0.1, 0.15) is 5.69 Å². The highest BCUT2D eigenvalue weighted by Gasteiger charge is 2.23. The van der Waals surface area contributed by atoms with Crippen LogP contribution in [0.3, 0.4) is 0 Å². The Morgan fingerprint density at radius 1 is 1.45 bits per heavy atom. The largest absolute Gasteiger partial charge is 0.348 e. The predicted molar refractivity (Wildman–Crippen MR) is 81.6 cm³/mol. The standard InChI is InChI=1S/C13H21N5OS/c1-8-6-11(17-13(15-8)18-14)12(19)16-9-4-3-5-10(7-9)20-2/h6,9-10H,3-5,7,14H2,1-2H3,(H,16,19)(H,15,17,18). The van der Waals surface area contributed by atoms with Gasteiger partial charge in [-0.2, -0.15) is 11.8 Å². The van der Waals surface area contributed by atoms with Gasteiger partial charge in [-0.3, -0.25) is 10.2 Å². The summed E-state index contributed by atoms with van der Waals surface area (Å²) in [5, 5.41) is 3.71. The minimum atomic E-state index is -0.154. The molecule has 1 amide bonds. The Morgan fingerprint density at radius 2 is 2.25 bits per heavy atom. The van der Waals surface area contributed by atoms with Crippen molar-refractivity contribution in [3.05, 3.63) is 17.5 Å². The summed E-state index contributed by atoms with van der Waals surface area (Å²) in [5.41, 5.74) is 3.45. The number of hydrazine groups is 1. The van der Waals surface area contributed by atoms with E-state index >= 15 is 0 Å². The lowest BCUT2D eigenvalue weighted by atomic mass is 9.95. The van der Waals surface area contributed by atoms with Gasteiger partial charge in [-0.05, 0) is 38.5 Å². The molecular formula is C13H21N5OS. The first-order valence-corrected chi connectivity index (χ1v) is 8.07. The first kappa shape index (κ1) is 15.1. The number of amides is 1. The SMILES string of the molecule is CSC1CCCC(NC(=O)c2cc(C)nc(NN)n2)C1. The van der Waals surface area contributed by atoms with Crippen LogP contribution in [0.25, 0.3) is 0 Å². The molecule has 2 atom stereocenters. The van der Waals surface area contributed by atoms with Gasteiger partial charge in [-0.15, -0.1) is 0 Å². The van der Waals surface area contributed by atoms with Crippen LogP contribution < -0.4 is 16.6 Å². The Bertz CT molecular complexity index is 482. The normalized spacial score (nSPS) is 22.4. The fraction of sp³-hybridized carbons (Fsp3) is 0.615. The van der Waals surface area contributed by atoms with Gasteiger partial charge in [-0.1, -0.05) is 6.42 Å². The minimum Gasteiger partial charge on any atom is -0.348 e. The van der Waals surface area contributed by atoms with Crippen molar-refractivity contribution < 1.29 is 4.79 Å². The molecule has 0 aliphatic heterocycles. The molecule has 2 unspecified atom stereocenters. The van der Waals surface area contributed by atoms with E-state index in [9.17, 15) is 4.79 Å². The summed E-state index contributed by atoms with van der Waals surface area (Å²) in [4.78, 5) is 20.4. The van der Waals surface area contributed by atoms with Gasteiger partial charge in [0.05, 0.1) is 0 Å². The molecule has 0 spiro atoms. The number of hydrogen-bond donors (Lipinski definition) is 3. The fourth-order valence-electron chi connectivity index (χ4n) is 2.50. The van der Waals surface area contributed by atoms with Crippen LogP contribution >= 0.6 is 11.8 Å². The summed E-state index contributed by atoms with van der Waals surface area (Å²) in [6.45, 7) is 1.81. The number of hydrogen-bond acceptors (Lipinski definition) is 6. The lowest BCUT2D eigenvalue weighted by Gasteiger charge is -2.28. The Morgan fingerprint density at radius 3 is 2.95 bits per heavy atom. The molecule has 1 aliphatic carbocycles. The number of rotatable bonds is 4. The predicted octanol–water partition coefficient (Wildman–Crippen LogP) is 1.47. The van der Waals surface area contributed by atoms with E-state index in [1.54, 1.807) is 6.07 Å². The number of aromatic nitrogens is 2. The minimum absolute atomic E-state index is 0.154. The number of nitrogens with zero attached hydrogens (tertiary/aromatic N) is 2. The van der Waals surface area contributed by atoms with Crippen LogP contribution in [0.4, 0.5) is 5.95 Å². The second-order valence-electron chi connectivity index (χ2n) is 5.06. The molecule has 1 aromatic rings. The van der Waals surface area contributed by atoms with Crippen LogP contribution in [0.5, 0.6) is 0 Å². The number of carbonyl (C=O) groups is 1. The molecule has 1 fully saturated rings. The van der Waals surface area contributed by atoms with Crippen LogP contribution in [0.1, 0.15) is 41.9 Å². The molecule has 0 radical (unpaired) electrons. The molecule has 1 heterocycles. The van der Waals surface area contributed by atoms with Gasteiger partial charge in [-0.25, -0.2) is 15.8 Å². The molecular weight excluding hydrogens is 274 g/mol. The second-order valence-corrected chi connectivity index (χ2v) is 6.20. The van der Waals surface area contributed by atoms with Crippen LogP contribution in [-0.4, -0.2) is 33.4 Å². The Kier molecular flexibility index (Phi) is 5.19. The molecule has 1 saturated carbocycles. The maximum absolute atomic E-state index is 12.3. The molecule has 0 aromatic carbocycles. The molecule has 0 bridgehead atoms. The van der Waals surface area contributed by atoms with Gasteiger partial charge in [0.15, 0.2) is 0 Å². The van der Waals surface area contributed by atoms with E-state index in [-0.39, 0.29) is 17.9 Å². The first-order chi connectivity index (χ1) is 9.62. The zero-order valence-electron chi connectivity index (χ0n) is 11.8. The zero-order chi connectivity index (χ0) is 14.5. The lowest BCUT2D eigenvalue weighted by Crippen LogP contribution is -2.39. The smallest absolute Gasteiger partial charge is 0.270 e. The summed E-state index contributed by atoms with van der Waals surface area (Å²) in [7, 11) is 0. The highest BCUT2D eigenvalue weighted by Crippen LogP contribution is 2.27. The third kappa shape index (κ3) is 3.83. The summed E-state index contributed by atoms with van der Waals surface area (Å²) in [5.74, 6) is 5.41. The Balaban J connectivity index is 2.02. The highest BCUT2D eigenvalue weighted by atomic mass is 32.2. The summed E-state index contributed by atoms with van der Waals surface area (Å²) in [6.07, 6.45) is 6.59. The third-order valence-corrected chi connectivity index (χ3v) is 4.61. The topological polar surface area (TPSA) is 92.9 Å². The second kappa shape index (κ2) is 6.90. The third-order valence-electron chi connectivity index (χ3n) is 3.51. The zero-order valence-corrected chi connectivity index (χ0v) is 12.7. The Labute approximate surface area is 123 Å². The van der Waals surface area contributed by atoms with E-state index in [0.29, 0.717) is 16.6 Å². The molecule has 0 saturated heterocycles. The number of carbonyl (C=O) groups excluding carboxylic acids is 1. The van der Waals surface area contributed by atoms with E-state index in [4.69, 9.17) is 5.84 Å². The van der Waals surface area contributed by atoms with E-state index < -0.39 is 0 Å². The molecule has 1 aliphatic rings. The van der Waals surface area contributed by atoms with Gasteiger partial charge >= 0.3 is 0 Å². The molecule has 1 aromatic heterocycles. The summed E-state index contributed by atoms with van der Waals surface area (Å²) < 4.78 is 0. The molecule has 7 heteroatoms. The molecule has 2 rings (SSSR count). The van der Waals surface area contributed by atoms with Gasteiger partial charge in [0.25, 0.3) is 5.91 Å². The number of nitrogens with one attached hydrogen (secondary N) is 2. The maximum atomic E-state index is 12.3. The molecule has 6 nitrogen and oxygen atoms in total. The van der Waals surface area contributed by atoms with Gasteiger partial charge < -0.3 is 5.32 Å². The van der Waals surface area contributed by atoms with Crippen LogP contribution in [0, 0.1) is 6.92 Å². The maximum Gasteiger partial charge on any atom is 0.270 e. The molecule has 4 N–H and O–H groups in total. The first-order valence-electron chi connectivity index (χ1n) is 6.78. The Hall–Kier alpha value is -1.34. The highest BCUT2D eigenvalue weighted by molar-refractivity contribution is 7.99. The average molecular weight is 295 g/mol. The van der Waals surface area contributed by atoms with Crippen molar-refractivity contribution in [2.45, 2.75) is 43.9 Å². The van der Waals surface area contributed by atoms with Crippen LogP contribution in [0.15, 0.2) is 6.07 Å². The number of nitrogen functional groups attached to an aromatic ring is 1. The van der Waals surface area contributed by atoms with Gasteiger partial charge in [0.2, 0.25) is 5.95 Å². The monoisotopic (exact) mass is 295 g/mol. The van der Waals surface area contributed by atoms with E-state index in [2.05, 4.69) is 27.0 Å². The quantitative estimate of drug-likeness (QED) is 0.575. The van der Waals surface area contributed by atoms with E-state index in [1.807, 2.05) is 18.7 Å². The van der Waals surface area contributed by atoms with Crippen molar-refractivity contribution in [2.24, 2.45) is 5.84 Å². The van der Waals surface area contributed by atoms with Crippen LogP contribution in [0.2, 0.25) is 0 Å². The van der Waals surface area contributed by atoms with Crippen molar-refractivity contribution in [1.29, 1.82) is 0 Å². The van der Waals surface area contributed by atoms with E-state index in [0.717, 1.165) is 19.3 Å². The fourth-order valence-corrected chi connectivity index (χ4v) is 3.33. The number of nitrogens with two attached hydrogens (primary N) is 1.